The second-order valence-electron chi connectivity index (χ2n) is 6.10. The number of benzene rings is 2. The Labute approximate surface area is 153 Å². The molecule has 0 fully saturated rings. The molecule has 2 aromatic carbocycles. The maximum Gasteiger partial charge on any atom is 0.297 e. The van der Waals surface area contributed by atoms with Gasteiger partial charge >= 0.3 is 0 Å². The van der Waals surface area contributed by atoms with Crippen LogP contribution >= 0.6 is 0 Å². The molecule has 0 atom stereocenters. The van der Waals surface area contributed by atoms with Gasteiger partial charge in [0.05, 0.1) is 12.0 Å². The van der Waals surface area contributed by atoms with Crippen LogP contribution in [0.25, 0.3) is 22.1 Å². The molecule has 0 aliphatic rings. The van der Waals surface area contributed by atoms with E-state index in [-0.39, 0.29) is 17.9 Å². The Hall–Kier alpha value is -3.74. The maximum absolute atomic E-state index is 12.7. The first kappa shape index (κ1) is 16.7. The highest BCUT2D eigenvalue weighted by Crippen LogP contribution is 2.24. The quantitative estimate of drug-likeness (QED) is 0.564. The van der Waals surface area contributed by atoms with Crippen LogP contribution in [0.4, 0.5) is 5.69 Å². The summed E-state index contributed by atoms with van der Waals surface area (Å²) >= 11 is 0. The molecular formula is C20H15N3O4. The van der Waals surface area contributed by atoms with Gasteiger partial charge in [0.1, 0.15) is 17.6 Å². The van der Waals surface area contributed by atoms with E-state index in [2.05, 4.69) is 10.3 Å². The molecule has 4 aromatic rings. The normalized spacial score (nSPS) is 11.0. The van der Waals surface area contributed by atoms with Crippen molar-refractivity contribution in [3.63, 3.8) is 0 Å². The molecule has 0 radical (unpaired) electrons. The molecule has 0 unspecified atom stereocenters. The van der Waals surface area contributed by atoms with E-state index in [1.807, 2.05) is 18.2 Å². The minimum atomic E-state index is -0.442. The third kappa shape index (κ3) is 2.99. The lowest BCUT2D eigenvalue weighted by molar-refractivity contribution is -0.116. The van der Waals surface area contributed by atoms with Crippen molar-refractivity contribution in [2.75, 3.05) is 5.32 Å². The SMILES string of the molecule is CC(=O)c1ccccc1NC(=O)Cn1cnc2c(oc3ccccc32)c1=O. The number of amides is 1. The summed E-state index contributed by atoms with van der Waals surface area (Å²) in [7, 11) is 0. The summed E-state index contributed by atoms with van der Waals surface area (Å²) in [4.78, 5) is 41.0. The Bertz CT molecular complexity index is 1250. The zero-order valence-corrected chi connectivity index (χ0v) is 14.4. The van der Waals surface area contributed by atoms with Crippen LogP contribution in [-0.2, 0) is 11.3 Å². The third-order valence-corrected chi connectivity index (χ3v) is 4.24. The zero-order chi connectivity index (χ0) is 19.0. The number of nitrogens with one attached hydrogen (secondary N) is 1. The molecule has 1 amide bonds. The van der Waals surface area contributed by atoms with Crippen molar-refractivity contribution in [3.05, 3.63) is 70.8 Å². The molecular weight excluding hydrogens is 346 g/mol. The molecule has 2 heterocycles. The van der Waals surface area contributed by atoms with Crippen LogP contribution in [0.2, 0.25) is 0 Å². The minimum absolute atomic E-state index is 0.107. The summed E-state index contributed by atoms with van der Waals surface area (Å²) in [6.07, 6.45) is 1.32. The van der Waals surface area contributed by atoms with Crippen molar-refractivity contribution in [1.29, 1.82) is 0 Å². The van der Waals surface area contributed by atoms with Crippen molar-refractivity contribution in [2.45, 2.75) is 13.5 Å². The highest BCUT2D eigenvalue weighted by Gasteiger charge is 2.15. The van der Waals surface area contributed by atoms with E-state index < -0.39 is 11.5 Å². The van der Waals surface area contributed by atoms with Gasteiger partial charge in [0.2, 0.25) is 11.5 Å². The van der Waals surface area contributed by atoms with E-state index >= 15 is 0 Å². The van der Waals surface area contributed by atoms with E-state index in [1.54, 1.807) is 30.3 Å². The van der Waals surface area contributed by atoms with Crippen LogP contribution in [-0.4, -0.2) is 21.2 Å². The largest absolute Gasteiger partial charge is 0.448 e. The van der Waals surface area contributed by atoms with Crippen LogP contribution in [0.5, 0.6) is 0 Å². The first-order valence-corrected chi connectivity index (χ1v) is 8.31. The number of furan rings is 1. The van der Waals surface area contributed by atoms with E-state index in [1.165, 1.54) is 17.8 Å². The number of ketones is 1. The summed E-state index contributed by atoms with van der Waals surface area (Å²) in [5.41, 5.74) is 1.51. The Balaban J connectivity index is 1.65. The van der Waals surface area contributed by atoms with Gasteiger partial charge < -0.3 is 9.73 Å². The number of para-hydroxylation sites is 2. The predicted octanol–water partition coefficient (Wildman–Crippen LogP) is 2.98. The first-order valence-electron chi connectivity index (χ1n) is 8.31. The highest BCUT2D eigenvalue weighted by molar-refractivity contribution is 6.04. The van der Waals surface area contributed by atoms with Crippen LogP contribution in [0, 0.1) is 0 Å². The fourth-order valence-electron chi connectivity index (χ4n) is 2.97. The average Bonchev–Trinajstić information content (AvgIpc) is 3.04. The standard InChI is InChI=1S/C20H15N3O4/c1-12(24)13-6-2-4-8-15(13)22-17(25)10-23-11-21-18-14-7-3-5-9-16(14)27-19(18)20(23)26/h2-9,11H,10H2,1H3,(H,22,25). The summed E-state index contributed by atoms with van der Waals surface area (Å²) < 4.78 is 6.78. The number of hydrogen-bond acceptors (Lipinski definition) is 5. The number of rotatable bonds is 4. The summed E-state index contributed by atoms with van der Waals surface area (Å²) in [5, 5.41) is 3.41. The first-order chi connectivity index (χ1) is 13.0. The Kier molecular flexibility index (Phi) is 4.04. The van der Waals surface area contributed by atoms with Gasteiger partial charge in [-0.2, -0.15) is 0 Å². The molecule has 0 aliphatic heterocycles. The highest BCUT2D eigenvalue weighted by atomic mass is 16.3. The third-order valence-electron chi connectivity index (χ3n) is 4.24. The minimum Gasteiger partial charge on any atom is -0.448 e. The van der Waals surface area contributed by atoms with Crippen molar-refractivity contribution >= 4 is 39.4 Å². The van der Waals surface area contributed by atoms with Crippen LogP contribution < -0.4 is 10.9 Å². The zero-order valence-electron chi connectivity index (χ0n) is 14.4. The molecule has 0 bridgehead atoms. The lowest BCUT2D eigenvalue weighted by Gasteiger charge is -2.09. The lowest BCUT2D eigenvalue weighted by Crippen LogP contribution is -2.28. The smallest absolute Gasteiger partial charge is 0.297 e. The van der Waals surface area contributed by atoms with Gasteiger partial charge in [0.25, 0.3) is 5.56 Å². The molecule has 2 aromatic heterocycles. The molecule has 0 saturated heterocycles. The maximum atomic E-state index is 12.7. The van der Waals surface area contributed by atoms with E-state index in [0.29, 0.717) is 22.4 Å². The number of fused-ring (bicyclic) bond motifs is 3. The van der Waals surface area contributed by atoms with E-state index in [9.17, 15) is 14.4 Å². The van der Waals surface area contributed by atoms with E-state index in [0.717, 1.165) is 5.39 Å². The molecule has 1 N–H and O–H groups in total. The number of anilines is 1. The predicted molar refractivity (Wildman–Crippen MR) is 101 cm³/mol. The van der Waals surface area contributed by atoms with Gasteiger partial charge in [-0.3, -0.25) is 19.0 Å². The van der Waals surface area contributed by atoms with Gasteiger partial charge in [-0.05, 0) is 31.2 Å². The number of aromatic nitrogens is 2. The van der Waals surface area contributed by atoms with Gasteiger partial charge in [0.15, 0.2) is 5.78 Å². The second-order valence-corrected chi connectivity index (χ2v) is 6.10. The molecule has 0 spiro atoms. The van der Waals surface area contributed by atoms with Crippen molar-refractivity contribution in [2.24, 2.45) is 0 Å². The number of carbonyl (C=O) groups excluding carboxylic acids is 2. The lowest BCUT2D eigenvalue weighted by atomic mass is 10.1. The molecule has 27 heavy (non-hydrogen) atoms. The van der Waals surface area contributed by atoms with Crippen LogP contribution in [0.3, 0.4) is 0 Å². The summed E-state index contributed by atoms with van der Waals surface area (Å²) in [5.74, 6) is -0.600. The van der Waals surface area contributed by atoms with Crippen molar-refractivity contribution in [3.8, 4) is 0 Å². The Morgan fingerprint density at radius 1 is 1.11 bits per heavy atom. The molecule has 7 nitrogen and oxygen atoms in total. The molecule has 4 rings (SSSR count). The monoisotopic (exact) mass is 361 g/mol. The summed E-state index contributed by atoms with van der Waals surface area (Å²) in [6, 6.07) is 13.9. The molecule has 134 valence electrons. The Morgan fingerprint density at radius 3 is 2.67 bits per heavy atom. The molecule has 7 heteroatoms. The fourth-order valence-corrected chi connectivity index (χ4v) is 2.97. The van der Waals surface area contributed by atoms with Crippen LogP contribution in [0.15, 0.2) is 64.1 Å². The number of Topliss-reactive ketones (excluding diaryl/α,β-unsaturated/α-hetero) is 1. The van der Waals surface area contributed by atoms with E-state index in [4.69, 9.17) is 4.42 Å². The Morgan fingerprint density at radius 2 is 1.85 bits per heavy atom. The van der Waals surface area contributed by atoms with Gasteiger partial charge in [-0.1, -0.05) is 24.3 Å². The topological polar surface area (TPSA) is 94.2 Å². The molecule has 0 saturated carbocycles. The van der Waals surface area contributed by atoms with Gasteiger partial charge in [-0.15, -0.1) is 0 Å². The van der Waals surface area contributed by atoms with Crippen molar-refractivity contribution in [1.82, 2.24) is 9.55 Å². The number of nitrogens with zero attached hydrogens (tertiary/aromatic N) is 2. The average molecular weight is 361 g/mol. The van der Waals surface area contributed by atoms with Gasteiger partial charge in [-0.25, -0.2) is 4.98 Å². The number of hydrogen-bond donors (Lipinski definition) is 1. The second kappa shape index (κ2) is 6.53. The van der Waals surface area contributed by atoms with Gasteiger partial charge in [0, 0.05) is 10.9 Å². The fraction of sp³-hybridized carbons (Fsp3) is 0.100. The van der Waals surface area contributed by atoms with Crippen molar-refractivity contribution < 1.29 is 14.0 Å². The molecule has 0 aliphatic carbocycles. The summed E-state index contributed by atoms with van der Waals surface area (Å²) in [6.45, 7) is 1.18. The number of carbonyl (C=O) groups is 2. The van der Waals surface area contributed by atoms with Crippen LogP contribution in [0.1, 0.15) is 17.3 Å².